The van der Waals surface area contributed by atoms with Crippen LogP contribution in [0, 0.1) is 5.82 Å². The highest BCUT2D eigenvalue weighted by Gasteiger charge is 2.35. The minimum Gasteiger partial charge on any atom is -0.457 e. The number of furan rings is 1. The summed E-state index contributed by atoms with van der Waals surface area (Å²) in [5.41, 5.74) is 1.64. The Morgan fingerprint density at radius 3 is 2.52 bits per heavy atom. The zero-order chi connectivity index (χ0) is 21.4. The van der Waals surface area contributed by atoms with Crippen molar-refractivity contribution in [2.45, 2.75) is 6.54 Å². The summed E-state index contributed by atoms with van der Waals surface area (Å²) in [7, 11) is 0. The van der Waals surface area contributed by atoms with E-state index < -0.39 is 0 Å². The maximum absolute atomic E-state index is 13.1. The van der Waals surface area contributed by atoms with Gasteiger partial charge in [0.05, 0.1) is 11.4 Å². The standard InChI is InChI=1S/C25H16FNO3S/c26-19-10-8-17(9-11-19)22-13-12-20(30-22)14-23-24(28)27(25(29)31-23)15-18-6-3-5-16-4-1-2-7-21(16)18/h1-14H,15H2/b23-14-. The predicted molar refractivity (Wildman–Crippen MR) is 120 cm³/mol. The summed E-state index contributed by atoms with van der Waals surface area (Å²) in [6, 6.07) is 23.2. The Hall–Kier alpha value is -3.64. The van der Waals surface area contributed by atoms with Crippen molar-refractivity contribution in [3.63, 3.8) is 0 Å². The Morgan fingerprint density at radius 1 is 0.903 bits per heavy atom. The lowest BCUT2D eigenvalue weighted by Crippen LogP contribution is -2.27. The molecule has 1 saturated heterocycles. The molecule has 2 heterocycles. The highest BCUT2D eigenvalue weighted by molar-refractivity contribution is 8.18. The van der Waals surface area contributed by atoms with Gasteiger partial charge in [0, 0.05) is 11.6 Å². The second-order valence-corrected chi connectivity index (χ2v) is 8.11. The van der Waals surface area contributed by atoms with E-state index in [1.807, 2.05) is 42.5 Å². The highest BCUT2D eigenvalue weighted by atomic mass is 32.2. The third kappa shape index (κ3) is 3.78. The van der Waals surface area contributed by atoms with E-state index in [4.69, 9.17) is 4.42 Å². The number of fused-ring (bicyclic) bond motifs is 1. The molecule has 4 aromatic rings. The number of carbonyl (C=O) groups is 2. The van der Waals surface area contributed by atoms with E-state index in [2.05, 4.69) is 0 Å². The molecule has 1 aliphatic heterocycles. The predicted octanol–water partition coefficient (Wildman–Crippen LogP) is 6.48. The number of carbonyl (C=O) groups excluding carboxylic acids is 2. The number of rotatable bonds is 4. The summed E-state index contributed by atoms with van der Waals surface area (Å²) >= 11 is 0.897. The van der Waals surface area contributed by atoms with Crippen molar-refractivity contribution >= 4 is 39.8 Å². The van der Waals surface area contributed by atoms with Gasteiger partial charge >= 0.3 is 0 Å². The Labute approximate surface area is 182 Å². The van der Waals surface area contributed by atoms with E-state index in [-0.39, 0.29) is 23.5 Å². The van der Waals surface area contributed by atoms with Gasteiger partial charge in [-0.2, -0.15) is 0 Å². The molecule has 6 heteroatoms. The first-order chi connectivity index (χ1) is 15.1. The molecule has 1 fully saturated rings. The van der Waals surface area contributed by atoms with Gasteiger partial charge in [-0.15, -0.1) is 0 Å². The van der Waals surface area contributed by atoms with Crippen LogP contribution in [0.4, 0.5) is 9.18 Å². The van der Waals surface area contributed by atoms with Crippen LogP contribution in [-0.2, 0) is 11.3 Å². The zero-order valence-corrected chi connectivity index (χ0v) is 17.1. The number of halogens is 1. The summed E-state index contributed by atoms with van der Waals surface area (Å²) in [6.07, 6.45) is 1.57. The topological polar surface area (TPSA) is 50.5 Å². The van der Waals surface area contributed by atoms with Crippen molar-refractivity contribution in [3.05, 3.63) is 101 Å². The molecular weight excluding hydrogens is 413 g/mol. The molecule has 0 saturated carbocycles. The maximum atomic E-state index is 13.1. The fourth-order valence-corrected chi connectivity index (χ4v) is 4.38. The third-order valence-corrected chi connectivity index (χ3v) is 6.02. The minimum atomic E-state index is -0.345. The number of hydrogen-bond donors (Lipinski definition) is 0. The van der Waals surface area contributed by atoms with Gasteiger partial charge in [0.1, 0.15) is 17.3 Å². The number of imide groups is 1. The molecule has 0 radical (unpaired) electrons. The van der Waals surface area contributed by atoms with Crippen LogP contribution in [0.5, 0.6) is 0 Å². The van der Waals surface area contributed by atoms with Crippen LogP contribution >= 0.6 is 11.8 Å². The molecule has 1 aliphatic rings. The van der Waals surface area contributed by atoms with E-state index in [1.54, 1.807) is 30.3 Å². The van der Waals surface area contributed by atoms with Gasteiger partial charge in [-0.25, -0.2) is 4.39 Å². The van der Waals surface area contributed by atoms with E-state index in [0.717, 1.165) is 33.7 Å². The lowest BCUT2D eigenvalue weighted by molar-refractivity contribution is -0.123. The number of benzene rings is 3. The summed E-state index contributed by atoms with van der Waals surface area (Å²) in [5, 5.41) is 1.77. The Balaban J connectivity index is 1.39. The van der Waals surface area contributed by atoms with Crippen molar-refractivity contribution in [1.82, 2.24) is 4.90 Å². The van der Waals surface area contributed by atoms with E-state index >= 15 is 0 Å². The SMILES string of the molecule is O=C1S/C(=C\c2ccc(-c3ccc(F)cc3)o2)C(=O)N1Cc1cccc2ccccc12. The van der Waals surface area contributed by atoms with Crippen LogP contribution in [0.2, 0.25) is 0 Å². The largest absolute Gasteiger partial charge is 0.457 e. The molecule has 0 unspecified atom stereocenters. The molecule has 31 heavy (non-hydrogen) atoms. The second kappa shape index (κ2) is 7.89. The summed E-state index contributed by atoms with van der Waals surface area (Å²) in [5.74, 6) is 0.342. The molecule has 4 nitrogen and oxygen atoms in total. The lowest BCUT2D eigenvalue weighted by atomic mass is 10.0. The number of amides is 2. The zero-order valence-electron chi connectivity index (χ0n) is 16.2. The lowest BCUT2D eigenvalue weighted by Gasteiger charge is -2.14. The van der Waals surface area contributed by atoms with Gasteiger partial charge in [0.15, 0.2) is 0 Å². The molecule has 0 atom stereocenters. The van der Waals surface area contributed by atoms with Gasteiger partial charge in [0.25, 0.3) is 11.1 Å². The smallest absolute Gasteiger partial charge is 0.293 e. The van der Waals surface area contributed by atoms with Crippen LogP contribution in [0.3, 0.4) is 0 Å². The average molecular weight is 429 g/mol. The molecule has 0 N–H and O–H groups in total. The molecule has 1 aromatic heterocycles. The Morgan fingerprint density at radius 2 is 1.68 bits per heavy atom. The molecule has 0 bridgehead atoms. The quantitative estimate of drug-likeness (QED) is 0.349. The summed E-state index contributed by atoms with van der Waals surface area (Å²) in [6.45, 7) is 0.211. The molecule has 2 amide bonds. The molecule has 152 valence electrons. The minimum absolute atomic E-state index is 0.211. The van der Waals surface area contributed by atoms with Crippen LogP contribution in [0.25, 0.3) is 28.2 Å². The normalized spacial score (nSPS) is 15.4. The van der Waals surface area contributed by atoms with E-state index in [0.29, 0.717) is 16.4 Å². The Bertz CT molecular complexity index is 1340. The van der Waals surface area contributed by atoms with Crippen molar-refractivity contribution in [2.75, 3.05) is 0 Å². The monoisotopic (exact) mass is 429 g/mol. The molecule has 5 rings (SSSR count). The highest BCUT2D eigenvalue weighted by Crippen LogP contribution is 2.35. The molecule has 3 aromatic carbocycles. The fourth-order valence-electron chi connectivity index (χ4n) is 3.57. The molecule has 0 spiro atoms. The van der Waals surface area contributed by atoms with Crippen molar-refractivity contribution in [1.29, 1.82) is 0 Å². The van der Waals surface area contributed by atoms with Gasteiger partial charge in [-0.05, 0) is 64.5 Å². The van der Waals surface area contributed by atoms with Gasteiger partial charge in [-0.3, -0.25) is 14.5 Å². The van der Waals surface area contributed by atoms with E-state index in [1.165, 1.54) is 17.0 Å². The summed E-state index contributed by atoms with van der Waals surface area (Å²) in [4.78, 5) is 27.0. The summed E-state index contributed by atoms with van der Waals surface area (Å²) < 4.78 is 18.9. The molecule has 0 aliphatic carbocycles. The maximum Gasteiger partial charge on any atom is 0.293 e. The first kappa shape index (κ1) is 19.3. The first-order valence-electron chi connectivity index (χ1n) is 9.66. The van der Waals surface area contributed by atoms with Crippen LogP contribution in [0.1, 0.15) is 11.3 Å². The number of nitrogens with zero attached hydrogens (tertiary/aromatic N) is 1. The fraction of sp³-hybridized carbons (Fsp3) is 0.0400. The van der Waals surface area contributed by atoms with Gasteiger partial charge < -0.3 is 4.42 Å². The number of thioether (sulfide) groups is 1. The first-order valence-corrected chi connectivity index (χ1v) is 10.5. The molecular formula is C25H16FNO3S. The van der Waals surface area contributed by atoms with Crippen LogP contribution in [0.15, 0.2) is 88.2 Å². The number of hydrogen-bond acceptors (Lipinski definition) is 4. The average Bonchev–Trinajstić information content (AvgIpc) is 3.35. The second-order valence-electron chi connectivity index (χ2n) is 7.12. The van der Waals surface area contributed by atoms with Crippen LogP contribution < -0.4 is 0 Å². The third-order valence-electron chi connectivity index (χ3n) is 5.11. The van der Waals surface area contributed by atoms with Crippen molar-refractivity contribution in [3.8, 4) is 11.3 Å². The van der Waals surface area contributed by atoms with Crippen molar-refractivity contribution < 1.29 is 18.4 Å². The van der Waals surface area contributed by atoms with Crippen LogP contribution in [-0.4, -0.2) is 16.0 Å². The van der Waals surface area contributed by atoms with Gasteiger partial charge in [-0.1, -0.05) is 42.5 Å². The van der Waals surface area contributed by atoms with Gasteiger partial charge in [0.2, 0.25) is 0 Å². The Kier molecular flexibility index (Phi) is 4.92. The van der Waals surface area contributed by atoms with E-state index in [9.17, 15) is 14.0 Å². The van der Waals surface area contributed by atoms with Crippen molar-refractivity contribution in [2.24, 2.45) is 0 Å².